The Morgan fingerprint density at radius 3 is 2.84 bits per heavy atom. The average Bonchev–Trinajstić information content (AvgIpc) is 2.44. The summed E-state index contributed by atoms with van der Waals surface area (Å²) in [4.78, 5) is 0. The number of hydrogen-bond donors (Lipinski definition) is 1. The molecular weight excluding hydrogens is 238 g/mol. The van der Waals surface area contributed by atoms with Gasteiger partial charge >= 0.3 is 0 Å². The van der Waals surface area contributed by atoms with Crippen molar-refractivity contribution in [3.63, 3.8) is 0 Å². The van der Waals surface area contributed by atoms with Crippen LogP contribution < -0.4 is 15.2 Å². The van der Waals surface area contributed by atoms with Gasteiger partial charge in [0.1, 0.15) is 11.5 Å². The third kappa shape index (κ3) is 5.35. The summed E-state index contributed by atoms with van der Waals surface area (Å²) in [5.74, 6) is 1.69. The number of ether oxygens (including phenoxy) is 2. The minimum Gasteiger partial charge on any atom is -0.497 e. The van der Waals surface area contributed by atoms with Gasteiger partial charge in [0.05, 0.1) is 13.7 Å². The van der Waals surface area contributed by atoms with E-state index in [-0.39, 0.29) is 6.04 Å². The zero-order valence-corrected chi connectivity index (χ0v) is 12.0. The molecular formula is C16H25NO2. The molecule has 1 rings (SSSR count). The molecule has 2 N–H and O–H groups in total. The summed E-state index contributed by atoms with van der Waals surface area (Å²) in [6.45, 7) is 6.49. The number of rotatable bonds is 9. The van der Waals surface area contributed by atoms with Crippen molar-refractivity contribution in [3.8, 4) is 11.5 Å². The van der Waals surface area contributed by atoms with Gasteiger partial charge in [-0.1, -0.05) is 19.1 Å². The minimum atomic E-state index is 0.170. The Balaban J connectivity index is 2.74. The lowest BCUT2D eigenvalue weighted by Crippen LogP contribution is -2.21. The van der Waals surface area contributed by atoms with Crippen LogP contribution in [0.15, 0.2) is 30.9 Å². The van der Waals surface area contributed by atoms with Crippen LogP contribution in [0.2, 0.25) is 0 Å². The molecule has 0 fully saturated rings. The Labute approximate surface area is 116 Å². The molecule has 1 aromatic carbocycles. The smallest absolute Gasteiger partial charge is 0.126 e. The summed E-state index contributed by atoms with van der Waals surface area (Å²) in [5.41, 5.74) is 7.17. The summed E-state index contributed by atoms with van der Waals surface area (Å²) in [6, 6.07) is 6.10. The van der Waals surface area contributed by atoms with Gasteiger partial charge in [-0.05, 0) is 37.3 Å². The summed E-state index contributed by atoms with van der Waals surface area (Å²) < 4.78 is 11.1. The third-order valence-corrected chi connectivity index (χ3v) is 3.09. The highest BCUT2D eigenvalue weighted by Crippen LogP contribution is 2.26. The van der Waals surface area contributed by atoms with Crippen molar-refractivity contribution in [3.05, 3.63) is 36.4 Å². The zero-order chi connectivity index (χ0) is 14.1. The number of methoxy groups -OCH3 is 1. The van der Waals surface area contributed by atoms with Gasteiger partial charge in [-0.2, -0.15) is 0 Å². The summed E-state index contributed by atoms with van der Waals surface area (Å²) in [7, 11) is 1.66. The molecule has 3 nitrogen and oxygen atoms in total. The Kier molecular flexibility index (Phi) is 7.04. The summed E-state index contributed by atoms with van der Waals surface area (Å²) >= 11 is 0. The molecule has 0 bridgehead atoms. The number of hydrogen-bond acceptors (Lipinski definition) is 3. The molecule has 0 saturated carbocycles. The molecule has 19 heavy (non-hydrogen) atoms. The van der Waals surface area contributed by atoms with Crippen LogP contribution in [0.1, 0.15) is 31.7 Å². The van der Waals surface area contributed by atoms with E-state index in [0.717, 1.165) is 42.7 Å². The molecule has 0 aliphatic carbocycles. The first-order chi connectivity index (χ1) is 9.21. The maximum Gasteiger partial charge on any atom is 0.126 e. The van der Waals surface area contributed by atoms with E-state index < -0.39 is 0 Å². The molecule has 0 spiro atoms. The van der Waals surface area contributed by atoms with Gasteiger partial charge in [-0.15, -0.1) is 6.58 Å². The Bertz CT molecular complexity index is 390. The molecule has 3 heteroatoms. The van der Waals surface area contributed by atoms with Crippen LogP contribution in [0.3, 0.4) is 0 Å². The number of unbranched alkanes of at least 4 members (excludes halogenated alkanes) is 1. The van der Waals surface area contributed by atoms with Crippen molar-refractivity contribution >= 4 is 0 Å². The van der Waals surface area contributed by atoms with Gasteiger partial charge in [0, 0.05) is 12.1 Å². The van der Waals surface area contributed by atoms with E-state index in [2.05, 4.69) is 13.5 Å². The zero-order valence-electron chi connectivity index (χ0n) is 12.0. The van der Waals surface area contributed by atoms with Crippen LogP contribution in [-0.2, 0) is 6.42 Å². The van der Waals surface area contributed by atoms with E-state index in [1.807, 2.05) is 24.3 Å². The second-order valence-electron chi connectivity index (χ2n) is 4.63. The van der Waals surface area contributed by atoms with Gasteiger partial charge in [-0.25, -0.2) is 0 Å². The monoisotopic (exact) mass is 263 g/mol. The molecule has 1 unspecified atom stereocenters. The van der Waals surface area contributed by atoms with Gasteiger partial charge in [-0.3, -0.25) is 0 Å². The molecule has 0 amide bonds. The number of allylic oxidation sites excluding steroid dienone is 1. The predicted molar refractivity (Wildman–Crippen MR) is 79.9 cm³/mol. The highest BCUT2D eigenvalue weighted by atomic mass is 16.5. The molecule has 1 atom stereocenters. The van der Waals surface area contributed by atoms with Crippen molar-refractivity contribution in [2.75, 3.05) is 13.7 Å². The van der Waals surface area contributed by atoms with Crippen molar-refractivity contribution in [1.29, 1.82) is 0 Å². The first-order valence-corrected chi connectivity index (χ1v) is 6.87. The van der Waals surface area contributed by atoms with Gasteiger partial charge in [0.25, 0.3) is 0 Å². The maximum absolute atomic E-state index is 6.02. The van der Waals surface area contributed by atoms with Crippen molar-refractivity contribution in [2.24, 2.45) is 5.73 Å². The lowest BCUT2D eigenvalue weighted by molar-refractivity contribution is 0.305. The normalized spacial score (nSPS) is 11.9. The van der Waals surface area contributed by atoms with Crippen LogP contribution in [0.25, 0.3) is 0 Å². The summed E-state index contributed by atoms with van der Waals surface area (Å²) in [6.07, 6.45) is 5.63. The third-order valence-electron chi connectivity index (χ3n) is 3.09. The quantitative estimate of drug-likeness (QED) is 0.549. The predicted octanol–water partition coefficient (Wildman–Crippen LogP) is 3.32. The van der Waals surface area contributed by atoms with E-state index in [4.69, 9.17) is 15.2 Å². The fourth-order valence-electron chi connectivity index (χ4n) is 1.80. The molecule has 0 aliphatic rings. The molecule has 106 valence electrons. The van der Waals surface area contributed by atoms with Crippen molar-refractivity contribution in [2.45, 2.75) is 38.6 Å². The van der Waals surface area contributed by atoms with Crippen LogP contribution >= 0.6 is 0 Å². The summed E-state index contributed by atoms with van der Waals surface area (Å²) in [5, 5.41) is 0. The Hall–Kier alpha value is -1.48. The molecule has 0 radical (unpaired) electrons. The number of nitrogens with two attached hydrogens (primary N) is 1. The molecule has 0 heterocycles. The lowest BCUT2D eigenvalue weighted by Gasteiger charge is -2.15. The van der Waals surface area contributed by atoms with Crippen LogP contribution in [0.4, 0.5) is 0 Å². The van der Waals surface area contributed by atoms with Crippen LogP contribution in [0.5, 0.6) is 11.5 Å². The fourth-order valence-corrected chi connectivity index (χ4v) is 1.80. The van der Waals surface area contributed by atoms with Gasteiger partial charge < -0.3 is 15.2 Å². The van der Waals surface area contributed by atoms with E-state index in [9.17, 15) is 0 Å². The lowest BCUT2D eigenvalue weighted by atomic mass is 10.0. The van der Waals surface area contributed by atoms with E-state index in [1.165, 1.54) is 0 Å². The van der Waals surface area contributed by atoms with E-state index >= 15 is 0 Å². The van der Waals surface area contributed by atoms with Gasteiger partial charge in [0.2, 0.25) is 0 Å². The first-order valence-electron chi connectivity index (χ1n) is 6.87. The maximum atomic E-state index is 6.02. The number of benzene rings is 1. The largest absolute Gasteiger partial charge is 0.497 e. The first kappa shape index (κ1) is 15.6. The topological polar surface area (TPSA) is 44.5 Å². The Morgan fingerprint density at radius 1 is 1.42 bits per heavy atom. The SMILES string of the molecule is C=CCCCOc1cc(OC)ccc1CC(N)CC. The molecule has 0 aliphatic heterocycles. The van der Waals surface area contributed by atoms with E-state index in [0.29, 0.717) is 6.61 Å². The van der Waals surface area contributed by atoms with Crippen molar-refractivity contribution in [1.82, 2.24) is 0 Å². The van der Waals surface area contributed by atoms with Crippen LogP contribution in [0, 0.1) is 0 Å². The molecule has 0 saturated heterocycles. The van der Waals surface area contributed by atoms with E-state index in [1.54, 1.807) is 7.11 Å². The molecule has 0 aromatic heterocycles. The standard InChI is InChI=1S/C16H25NO2/c1-4-6-7-10-19-16-12-15(18-3)9-8-13(16)11-14(17)5-2/h4,8-9,12,14H,1,5-7,10-11,17H2,2-3H3. The highest BCUT2D eigenvalue weighted by molar-refractivity contribution is 5.41. The fraction of sp³-hybridized carbons (Fsp3) is 0.500. The van der Waals surface area contributed by atoms with Gasteiger partial charge in [0.15, 0.2) is 0 Å². The minimum absolute atomic E-state index is 0.170. The average molecular weight is 263 g/mol. The highest BCUT2D eigenvalue weighted by Gasteiger charge is 2.09. The molecule has 1 aromatic rings. The van der Waals surface area contributed by atoms with Crippen molar-refractivity contribution < 1.29 is 9.47 Å². The van der Waals surface area contributed by atoms with Crippen LogP contribution in [-0.4, -0.2) is 19.8 Å². The second-order valence-corrected chi connectivity index (χ2v) is 4.63. The Morgan fingerprint density at radius 2 is 2.21 bits per heavy atom. The second kappa shape index (κ2) is 8.59.